The maximum atomic E-state index is 12.4. The van der Waals surface area contributed by atoms with E-state index in [1.54, 1.807) is 30.4 Å². The monoisotopic (exact) mass is 401 g/mol. The van der Waals surface area contributed by atoms with E-state index in [4.69, 9.17) is 23.4 Å². The van der Waals surface area contributed by atoms with Gasteiger partial charge in [-0.05, 0) is 55.5 Å². The Kier molecular flexibility index (Phi) is 6.24. The Morgan fingerprint density at radius 1 is 1.21 bits per heavy atom. The van der Waals surface area contributed by atoms with Crippen LogP contribution < -0.4 is 9.47 Å². The fourth-order valence-corrected chi connectivity index (χ4v) is 3.81. The molecule has 1 amide bonds. The van der Waals surface area contributed by atoms with E-state index >= 15 is 0 Å². The van der Waals surface area contributed by atoms with Gasteiger partial charge in [0.15, 0.2) is 18.1 Å². The molecule has 1 aromatic heterocycles. The number of nitrogens with zero attached hydrogens (tertiary/aromatic N) is 1. The lowest BCUT2D eigenvalue weighted by molar-refractivity contribution is -0.0303. The van der Waals surface area contributed by atoms with Crippen molar-refractivity contribution in [2.45, 2.75) is 44.5 Å². The van der Waals surface area contributed by atoms with Crippen LogP contribution in [-0.2, 0) is 16.1 Å². The average molecular weight is 401 g/mol. The first-order chi connectivity index (χ1) is 14.2. The van der Waals surface area contributed by atoms with Crippen LogP contribution in [0.2, 0.25) is 0 Å². The van der Waals surface area contributed by atoms with Crippen LogP contribution >= 0.6 is 0 Å². The van der Waals surface area contributed by atoms with Crippen molar-refractivity contribution < 1.29 is 28.2 Å². The fraction of sp³-hybridized carbons (Fsp3) is 0.500. The molecule has 2 aliphatic rings. The second kappa shape index (κ2) is 9.22. The number of furan rings is 1. The predicted octanol–water partition coefficient (Wildman–Crippen LogP) is 4.32. The first-order valence-corrected chi connectivity index (χ1v) is 10.1. The van der Waals surface area contributed by atoms with Crippen LogP contribution in [0.5, 0.6) is 11.5 Å². The molecule has 2 fully saturated rings. The van der Waals surface area contributed by atoms with E-state index in [2.05, 4.69) is 0 Å². The van der Waals surface area contributed by atoms with Crippen molar-refractivity contribution in [3.05, 3.63) is 47.9 Å². The van der Waals surface area contributed by atoms with E-state index in [1.807, 2.05) is 18.2 Å². The smallest absolute Gasteiger partial charge is 0.410 e. The van der Waals surface area contributed by atoms with Crippen LogP contribution in [0.25, 0.3) is 0 Å². The van der Waals surface area contributed by atoms with Crippen LogP contribution in [-0.4, -0.2) is 43.9 Å². The summed E-state index contributed by atoms with van der Waals surface area (Å²) >= 11 is 0. The minimum atomic E-state index is -0.370. The molecule has 1 atom stereocenters. The lowest BCUT2D eigenvalue weighted by Crippen LogP contribution is -2.42. The predicted molar refractivity (Wildman–Crippen MR) is 105 cm³/mol. The minimum absolute atomic E-state index is 0.121. The zero-order valence-electron chi connectivity index (χ0n) is 16.7. The SMILES string of the molecule is COc1ccc(C2CN(C(=O)OCc3ccco3)CCO2)cc1OC1CCCC1. The number of ether oxygens (including phenoxy) is 4. The Morgan fingerprint density at radius 2 is 2.07 bits per heavy atom. The molecule has 2 aromatic rings. The van der Waals surface area contributed by atoms with E-state index < -0.39 is 0 Å². The second-order valence-electron chi connectivity index (χ2n) is 7.37. The molecular weight excluding hydrogens is 374 g/mol. The minimum Gasteiger partial charge on any atom is -0.493 e. The largest absolute Gasteiger partial charge is 0.493 e. The summed E-state index contributed by atoms with van der Waals surface area (Å²) in [5.41, 5.74) is 0.960. The van der Waals surface area contributed by atoms with Crippen molar-refractivity contribution in [2.24, 2.45) is 0 Å². The standard InChI is InChI=1S/C22H27NO6/c1-25-19-9-8-16(13-20(19)29-17-5-2-3-6-17)21-14-23(10-12-27-21)22(24)28-15-18-7-4-11-26-18/h4,7-9,11,13,17,21H,2-3,5-6,10,12,14-15H2,1H3. The van der Waals surface area contributed by atoms with E-state index in [9.17, 15) is 4.79 Å². The molecule has 0 radical (unpaired) electrons. The van der Waals surface area contributed by atoms with Gasteiger partial charge in [0.25, 0.3) is 0 Å². The van der Waals surface area contributed by atoms with E-state index in [-0.39, 0.29) is 24.9 Å². The Hall–Kier alpha value is -2.67. The average Bonchev–Trinajstić information content (AvgIpc) is 3.46. The molecule has 156 valence electrons. The molecule has 1 unspecified atom stereocenters. The molecule has 1 aliphatic heterocycles. The van der Waals surface area contributed by atoms with E-state index in [1.165, 1.54) is 12.8 Å². The molecule has 0 spiro atoms. The zero-order valence-corrected chi connectivity index (χ0v) is 16.7. The van der Waals surface area contributed by atoms with Crippen molar-refractivity contribution in [3.63, 3.8) is 0 Å². The number of carbonyl (C=O) groups excluding carboxylic acids is 1. The third-order valence-electron chi connectivity index (χ3n) is 5.40. The van der Waals surface area contributed by atoms with Crippen molar-refractivity contribution in [2.75, 3.05) is 26.8 Å². The lowest BCUT2D eigenvalue weighted by Gasteiger charge is -2.32. The molecule has 7 heteroatoms. The van der Waals surface area contributed by atoms with Gasteiger partial charge in [-0.3, -0.25) is 0 Å². The van der Waals surface area contributed by atoms with Gasteiger partial charge in [0.1, 0.15) is 11.9 Å². The third-order valence-corrected chi connectivity index (χ3v) is 5.40. The van der Waals surface area contributed by atoms with Gasteiger partial charge >= 0.3 is 6.09 Å². The topological polar surface area (TPSA) is 70.4 Å². The number of benzene rings is 1. The first-order valence-electron chi connectivity index (χ1n) is 10.1. The third kappa shape index (κ3) is 4.85. The number of hydrogen-bond acceptors (Lipinski definition) is 6. The molecule has 0 bridgehead atoms. The zero-order chi connectivity index (χ0) is 20.1. The fourth-order valence-electron chi connectivity index (χ4n) is 3.81. The highest BCUT2D eigenvalue weighted by atomic mass is 16.6. The van der Waals surface area contributed by atoms with Gasteiger partial charge in [-0.25, -0.2) is 4.79 Å². The number of amides is 1. The van der Waals surface area contributed by atoms with Gasteiger partial charge in [0.05, 0.1) is 32.6 Å². The van der Waals surface area contributed by atoms with Crippen molar-refractivity contribution in [3.8, 4) is 11.5 Å². The van der Waals surface area contributed by atoms with Gasteiger partial charge in [0, 0.05) is 6.54 Å². The van der Waals surface area contributed by atoms with Gasteiger partial charge in [0.2, 0.25) is 0 Å². The molecule has 2 heterocycles. The summed E-state index contributed by atoms with van der Waals surface area (Å²) in [6.45, 7) is 1.49. The maximum absolute atomic E-state index is 12.4. The van der Waals surface area contributed by atoms with Crippen molar-refractivity contribution >= 4 is 6.09 Å². The second-order valence-corrected chi connectivity index (χ2v) is 7.37. The molecule has 1 aliphatic carbocycles. The van der Waals surface area contributed by atoms with Crippen LogP contribution in [0.4, 0.5) is 4.79 Å². The van der Waals surface area contributed by atoms with E-state index in [0.717, 1.165) is 24.2 Å². The lowest BCUT2D eigenvalue weighted by atomic mass is 10.1. The van der Waals surface area contributed by atoms with Crippen LogP contribution in [0, 0.1) is 0 Å². The number of hydrogen-bond donors (Lipinski definition) is 0. The van der Waals surface area contributed by atoms with Gasteiger partial charge in [-0.15, -0.1) is 0 Å². The van der Waals surface area contributed by atoms with Gasteiger partial charge in [-0.2, -0.15) is 0 Å². The normalized spacial score (nSPS) is 19.9. The van der Waals surface area contributed by atoms with Crippen LogP contribution in [0.1, 0.15) is 43.1 Å². The summed E-state index contributed by atoms with van der Waals surface area (Å²) in [4.78, 5) is 14.1. The van der Waals surface area contributed by atoms with Crippen LogP contribution in [0.3, 0.4) is 0 Å². The van der Waals surface area contributed by atoms with Crippen molar-refractivity contribution in [1.29, 1.82) is 0 Å². The molecule has 0 N–H and O–H groups in total. The Bertz CT molecular complexity index is 800. The molecular formula is C22H27NO6. The highest BCUT2D eigenvalue weighted by Gasteiger charge is 2.28. The molecule has 29 heavy (non-hydrogen) atoms. The van der Waals surface area contributed by atoms with E-state index in [0.29, 0.717) is 31.2 Å². The Balaban J connectivity index is 1.41. The van der Waals surface area contributed by atoms with Gasteiger partial charge in [-0.1, -0.05) is 6.07 Å². The summed E-state index contributed by atoms with van der Waals surface area (Å²) in [5, 5.41) is 0. The highest BCUT2D eigenvalue weighted by molar-refractivity contribution is 5.67. The summed E-state index contributed by atoms with van der Waals surface area (Å²) in [7, 11) is 1.64. The summed E-state index contributed by atoms with van der Waals surface area (Å²) in [6.07, 6.45) is 5.73. The quantitative estimate of drug-likeness (QED) is 0.718. The summed E-state index contributed by atoms with van der Waals surface area (Å²) in [5.74, 6) is 2.07. The molecule has 1 saturated carbocycles. The Morgan fingerprint density at radius 3 is 2.83 bits per heavy atom. The molecule has 4 rings (SSSR count). The summed E-state index contributed by atoms with van der Waals surface area (Å²) in [6, 6.07) is 9.38. The number of rotatable bonds is 6. The molecule has 1 saturated heterocycles. The number of carbonyl (C=O) groups is 1. The van der Waals surface area contributed by atoms with Crippen molar-refractivity contribution in [1.82, 2.24) is 4.90 Å². The first kappa shape index (κ1) is 19.6. The Labute approximate surface area is 170 Å². The van der Waals surface area contributed by atoms with Gasteiger partial charge < -0.3 is 28.3 Å². The van der Waals surface area contributed by atoms with Crippen LogP contribution in [0.15, 0.2) is 41.0 Å². The number of morpholine rings is 1. The summed E-state index contributed by atoms with van der Waals surface area (Å²) < 4.78 is 28.1. The molecule has 7 nitrogen and oxygen atoms in total. The highest BCUT2D eigenvalue weighted by Crippen LogP contribution is 2.35. The number of methoxy groups -OCH3 is 1. The maximum Gasteiger partial charge on any atom is 0.410 e. The molecule has 1 aromatic carbocycles.